The van der Waals surface area contributed by atoms with E-state index in [1.165, 1.54) is 13.2 Å². The van der Waals surface area contributed by atoms with E-state index in [0.717, 1.165) is 0 Å². The number of fused-ring (bicyclic) bond motifs is 1. The predicted molar refractivity (Wildman–Crippen MR) is 55.6 cm³/mol. The fourth-order valence-corrected chi connectivity index (χ4v) is 1.49. The number of nitrogens with one attached hydrogen (secondary N) is 1. The molecule has 0 saturated heterocycles. The number of esters is 1. The molecule has 1 aliphatic rings. The molecule has 0 unspecified atom stereocenters. The molecular weight excluding hydrogens is 210 g/mol. The van der Waals surface area contributed by atoms with Gasteiger partial charge in [0.1, 0.15) is 12.4 Å². The molecule has 1 N–H and O–H groups in total. The van der Waals surface area contributed by atoms with Crippen molar-refractivity contribution < 1.29 is 19.1 Å². The number of amides is 1. The fourth-order valence-electron chi connectivity index (χ4n) is 1.49. The molecule has 84 valence electrons. The first-order valence-corrected chi connectivity index (χ1v) is 4.86. The fraction of sp³-hybridized carbons (Fsp3) is 0.273. The second-order valence-electron chi connectivity index (χ2n) is 3.31. The van der Waals surface area contributed by atoms with Gasteiger partial charge in [0.15, 0.2) is 0 Å². The Morgan fingerprint density at radius 2 is 2.31 bits per heavy atom. The molecule has 0 aromatic heterocycles. The first kappa shape index (κ1) is 10.5. The van der Waals surface area contributed by atoms with E-state index in [1.807, 2.05) is 0 Å². The molecule has 1 aliphatic heterocycles. The Balaban J connectivity index is 2.41. The van der Waals surface area contributed by atoms with Crippen LogP contribution >= 0.6 is 0 Å². The maximum atomic E-state index is 11.5. The highest BCUT2D eigenvalue weighted by Crippen LogP contribution is 2.22. The summed E-state index contributed by atoms with van der Waals surface area (Å²) >= 11 is 0. The Kier molecular flexibility index (Phi) is 2.76. The molecule has 0 aliphatic carbocycles. The molecule has 0 bridgehead atoms. The maximum Gasteiger partial charge on any atom is 0.337 e. The van der Waals surface area contributed by atoms with Crippen LogP contribution in [0.3, 0.4) is 0 Å². The number of rotatable bonds is 1. The lowest BCUT2D eigenvalue weighted by molar-refractivity contribution is 0.0600. The highest BCUT2D eigenvalue weighted by Gasteiger charge is 2.18. The van der Waals surface area contributed by atoms with Crippen molar-refractivity contribution in [1.29, 1.82) is 0 Å². The summed E-state index contributed by atoms with van der Waals surface area (Å²) in [5.74, 6) is -0.224. The number of hydrogen-bond acceptors (Lipinski definition) is 4. The lowest BCUT2D eigenvalue weighted by Crippen LogP contribution is -2.24. The van der Waals surface area contributed by atoms with Gasteiger partial charge >= 0.3 is 5.97 Å². The highest BCUT2D eigenvalue weighted by molar-refractivity contribution is 5.99. The number of ether oxygens (including phenoxy) is 2. The van der Waals surface area contributed by atoms with Crippen LogP contribution in [-0.2, 0) is 4.74 Å². The van der Waals surface area contributed by atoms with Gasteiger partial charge in [-0.05, 0) is 18.2 Å². The first-order chi connectivity index (χ1) is 7.72. The summed E-state index contributed by atoms with van der Waals surface area (Å²) in [5, 5.41) is 2.68. The van der Waals surface area contributed by atoms with Crippen LogP contribution in [0.4, 0.5) is 0 Å². The van der Waals surface area contributed by atoms with E-state index < -0.39 is 5.97 Å². The van der Waals surface area contributed by atoms with Gasteiger partial charge in [-0.3, -0.25) is 4.79 Å². The van der Waals surface area contributed by atoms with Crippen molar-refractivity contribution in [3.63, 3.8) is 0 Å². The third-order valence-corrected chi connectivity index (χ3v) is 2.29. The summed E-state index contributed by atoms with van der Waals surface area (Å²) in [5.41, 5.74) is 0.807. The van der Waals surface area contributed by atoms with Gasteiger partial charge in [-0.1, -0.05) is 0 Å². The average molecular weight is 221 g/mol. The van der Waals surface area contributed by atoms with E-state index in [4.69, 9.17) is 4.74 Å². The molecule has 0 spiro atoms. The van der Waals surface area contributed by atoms with Crippen LogP contribution in [0.15, 0.2) is 18.2 Å². The molecule has 0 atom stereocenters. The van der Waals surface area contributed by atoms with Crippen molar-refractivity contribution in [1.82, 2.24) is 5.32 Å². The number of carbonyl (C=O) groups is 2. The van der Waals surface area contributed by atoms with Crippen LogP contribution in [0.1, 0.15) is 20.7 Å². The van der Waals surface area contributed by atoms with Crippen molar-refractivity contribution in [3.8, 4) is 5.75 Å². The average Bonchev–Trinajstić information content (AvgIpc) is 2.50. The van der Waals surface area contributed by atoms with E-state index in [0.29, 0.717) is 30.0 Å². The number of benzene rings is 1. The van der Waals surface area contributed by atoms with E-state index in [1.54, 1.807) is 12.1 Å². The number of hydrogen-bond donors (Lipinski definition) is 1. The SMILES string of the molecule is COC(=O)c1ccc2c(c1)OCCNC2=O. The van der Waals surface area contributed by atoms with Gasteiger partial charge in [-0.2, -0.15) is 0 Å². The summed E-state index contributed by atoms with van der Waals surface area (Å²) < 4.78 is 9.95. The summed E-state index contributed by atoms with van der Waals surface area (Å²) in [4.78, 5) is 22.8. The largest absolute Gasteiger partial charge is 0.491 e. The third-order valence-electron chi connectivity index (χ3n) is 2.29. The van der Waals surface area contributed by atoms with Gasteiger partial charge in [0.25, 0.3) is 5.91 Å². The standard InChI is InChI=1S/C11H11NO4/c1-15-11(14)7-2-3-8-9(6-7)16-5-4-12-10(8)13/h2-3,6H,4-5H2,1H3,(H,12,13). The van der Waals surface area contributed by atoms with Crippen molar-refractivity contribution >= 4 is 11.9 Å². The van der Waals surface area contributed by atoms with Crippen molar-refractivity contribution in [2.24, 2.45) is 0 Å². The molecule has 5 heteroatoms. The Morgan fingerprint density at radius 3 is 3.06 bits per heavy atom. The number of carbonyl (C=O) groups excluding carboxylic acids is 2. The van der Waals surface area contributed by atoms with Crippen molar-refractivity contribution in [3.05, 3.63) is 29.3 Å². The van der Waals surface area contributed by atoms with Crippen molar-refractivity contribution in [2.45, 2.75) is 0 Å². The van der Waals surface area contributed by atoms with Crippen LogP contribution < -0.4 is 10.1 Å². The van der Waals surface area contributed by atoms with Crippen LogP contribution in [-0.4, -0.2) is 32.1 Å². The maximum absolute atomic E-state index is 11.5. The normalized spacial score (nSPS) is 14.2. The minimum absolute atomic E-state index is 0.191. The molecule has 0 saturated carbocycles. The lowest BCUT2D eigenvalue weighted by Gasteiger charge is -2.06. The zero-order valence-electron chi connectivity index (χ0n) is 8.78. The van der Waals surface area contributed by atoms with Gasteiger partial charge in [0.2, 0.25) is 0 Å². The van der Waals surface area contributed by atoms with E-state index in [2.05, 4.69) is 10.1 Å². The van der Waals surface area contributed by atoms with E-state index in [-0.39, 0.29) is 5.91 Å². The molecule has 2 rings (SSSR count). The van der Waals surface area contributed by atoms with Gasteiger partial charge in [-0.15, -0.1) is 0 Å². The van der Waals surface area contributed by atoms with E-state index >= 15 is 0 Å². The molecule has 0 fully saturated rings. The molecule has 16 heavy (non-hydrogen) atoms. The summed E-state index contributed by atoms with van der Waals surface area (Å²) in [7, 11) is 1.31. The summed E-state index contributed by atoms with van der Waals surface area (Å²) in [6.45, 7) is 0.852. The molecule has 5 nitrogen and oxygen atoms in total. The van der Waals surface area contributed by atoms with Crippen molar-refractivity contribution in [2.75, 3.05) is 20.3 Å². The lowest BCUT2D eigenvalue weighted by atomic mass is 10.1. The molecule has 0 radical (unpaired) electrons. The Hall–Kier alpha value is -2.04. The zero-order valence-corrected chi connectivity index (χ0v) is 8.78. The Labute approximate surface area is 92.4 Å². The van der Waals surface area contributed by atoms with Gasteiger partial charge < -0.3 is 14.8 Å². The van der Waals surface area contributed by atoms with Gasteiger partial charge in [0, 0.05) is 0 Å². The van der Waals surface area contributed by atoms with Crippen LogP contribution in [0, 0.1) is 0 Å². The molecular formula is C11H11NO4. The van der Waals surface area contributed by atoms with Gasteiger partial charge in [-0.25, -0.2) is 4.79 Å². The van der Waals surface area contributed by atoms with E-state index in [9.17, 15) is 9.59 Å². The minimum Gasteiger partial charge on any atom is -0.491 e. The summed E-state index contributed by atoms with van der Waals surface area (Å²) in [6, 6.07) is 4.62. The second-order valence-corrected chi connectivity index (χ2v) is 3.31. The van der Waals surface area contributed by atoms with Crippen LogP contribution in [0.25, 0.3) is 0 Å². The minimum atomic E-state index is -0.448. The molecule has 1 amide bonds. The number of methoxy groups -OCH3 is 1. The topological polar surface area (TPSA) is 64.6 Å². The Morgan fingerprint density at radius 1 is 1.50 bits per heavy atom. The van der Waals surface area contributed by atoms with Crippen LogP contribution in [0.2, 0.25) is 0 Å². The molecule has 1 aromatic carbocycles. The monoisotopic (exact) mass is 221 g/mol. The summed E-state index contributed by atoms with van der Waals surface area (Å²) in [6.07, 6.45) is 0. The zero-order chi connectivity index (χ0) is 11.5. The Bertz CT molecular complexity index is 442. The van der Waals surface area contributed by atoms with Gasteiger partial charge in [0.05, 0.1) is 24.8 Å². The quantitative estimate of drug-likeness (QED) is 0.705. The molecule has 1 aromatic rings. The van der Waals surface area contributed by atoms with Crippen LogP contribution in [0.5, 0.6) is 5.75 Å². The predicted octanol–water partition coefficient (Wildman–Crippen LogP) is 0.595. The second kappa shape index (κ2) is 4.22. The smallest absolute Gasteiger partial charge is 0.337 e. The third kappa shape index (κ3) is 1.84. The first-order valence-electron chi connectivity index (χ1n) is 4.86. The highest BCUT2D eigenvalue weighted by atomic mass is 16.5. The molecule has 1 heterocycles.